The average Bonchev–Trinajstić information content (AvgIpc) is 2.66. The fraction of sp³-hybridized carbons (Fsp3) is 0.316. The van der Waals surface area contributed by atoms with Gasteiger partial charge in [0.05, 0.1) is 19.1 Å². The Morgan fingerprint density at radius 1 is 1.04 bits per heavy atom. The average molecular weight is 393 g/mol. The summed E-state index contributed by atoms with van der Waals surface area (Å²) in [6.07, 6.45) is 0. The zero-order valence-corrected chi connectivity index (χ0v) is 16.5. The number of hydrogen-bond donors (Lipinski definition) is 1. The Bertz CT molecular complexity index is 908. The van der Waals surface area contributed by atoms with E-state index in [1.165, 1.54) is 32.4 Å². The van der Waals surface area contributed by atoms with Crippen molar-refractivity contribution >= 4 is 16.0 Å². The van der Waals surface area contributed by atoms with Crippen molar-refractivity contribution in [3.63, 3.8) is 0 Å². The monoisotopic (exact) mass is 393 g/mol. The van der Waals surface area contributed by atoms with Crippen LogP contribution in [-0.2, 0) is 14.8 Å². The molecule has 2 aromatic rings. The largest absolute Gasteiger partial charge is 0.493 e. The molecule has 0 amide bonds. The molecule has 7 nitrogen and oxygen atoms in total. The summed E-state index contributed by atoms with van der Waals surface area (Å²) in [5.74, 6) is 0.623. The van der Waals surface area contributed by atoms with Gasteiger partial charge in [0.25, 0.3) is 0 Å². The molecule has 0 fully saturated rings. The first-order chi connectivity index (χ1) is 12.8. The maximum Gasteiger partial charge on any atom is 0.326 e. The molecule has 0 spiro atoms. The van der Waals surface area contributed by atoms with Crippen LogP contribution < -0.4 is 18.9 Å². The molecule has 0 saturated heterocycles. The lowest BCUT2D eigenvalue weighted by Crippen LogP contribution is -2.32. The van der Waals surface area contributed by atoms with E-state index < -0.39 is 22.5 Å². The van der Waals surface area contributed by atoms with Crippen molar-refractivity contribution < 1.29 is 27.4 Å². The lowest BCUT2D eigenvalue weighted by atomic mass is 10.0. The van der Waals surface area contributed by atoms with Crippen LogP contribution in [0.4, 0.5) is 0 Å². The first kappa shape index (κ1) is 20.7. The predicted octanol–water partition coefficient (Wildman–Crippen LogP) is 2.71. The Labute approximate surface area is 159 Å². The van der Waals surface area contributed by atoms with Crippen LogP contribution in [0.3, 0.4) is 0 Å². The molecule has 0 saturated carbocycles. The maximum absolute atomic E-state index is 12.4. The molecule has 1 N–H and O–H groups in total. The molecule has 2 rings (SSSR count). The van der Waals surface area contributed by atoms with Crippen molar-refractivity contribution in [1.82, 2.24) is 4.72 Å². The molecule has 8 heteroatoms. The van der Waals surface area contributed by atoms with Gasteiger partial charge in [-0.15, -0.1) is 0 Å². The fourth-order valence-electron chi connectivity index (χ4n) is 2.33. The minimum atomic E-state index is -3.91. The second kappa shape index (κ2) is 8.88. The number of sulfonamides is 1. The van der Waals surface area contributed by atoms with E-state index >= 15 is 0 Å². The standard InChI is InChI=1S/C19H23NO6S/c1-13(2)14-6-5-7-15(10-14)26-19(21)12-20-27(22,23)16-8-9-17(24-3)18(11-16)25-4/h5-11,13,20H,12H2,1-4H3. The van der Waals surface area contributed by atoms with Crippen molar-refractivity contribution in [3.05, 3.63) is 48.0 Å². The quantitative estimate of drug-likeness (QED) is 0.548. The van der Waals surface area contributed by atoms with Gasteiger partial charge in [-0.1, -0.05) is 26.0 Å². The van der Waals surface area contributed by atoms with E-state index in [9.17, 15) is 13.2 Å². The molecule has 0 aliphatic rings. The number of methoxy groups -OCH3 is 2. The number of esters is 1. The Kier molecular flexibility index (Phi) is 6.81. The Hall–Kier alpha value is -2.58. The summed E-state index contributed by atoms with van der Waals surface area (Å²) in [5.41, 5.74) is 1.02. The SMILES string of the molecule is COc1ccc(S(=O)(=O)NCC(=O)Oc2cccc(C(C)C)c2)cc1OC. The van der Waals surface area contributed by atoms with Gasteiger partial charge in [0.15, 0.2) is 11.5 Å². The summed E-state index contributed by atoms with van der Waals surface area (Å²) in [6.45, 7) is 3.55. The fourth-order valence-corrected chi connectivity index (χ4v) is 3.31. The summed E-state index contributed by atoms with van der Waals surface area (Å²) in [7, 11) is -1.05. The van der Waals surface area contributed by atoms with Crippen molar-refractivity contribution in [2.45, 2.75) is 24.7 Å². The van der Waals surface area contributed by atoms with Gasteiger partial charge in [-0.25, -0.2) is 8.42 Å². The Morgan fingerprint density at radius 2 is 1.74 bits per heavy atom. The molecule has 27 heavy (non-hydrogen) atoms. The van der Waals surface area contributed by atoms with E-state index in [1.54, 1.807) is 18.2 Å². The van der Waals surface area contributed by atoms with Crippen LogP contribution in [0.2, 0.25) is 0 Å². The van der Waals surface area contributed by atoms with Crippen LogP contribution in [0, 0.1) is 0 Å². The van der Waals surface area contributed by atoms with Gasteiger partial charge in [-0.2, -0.15) is 4.72 Å². The smallest absolute Gasteiger partial charge is 0.326 e. The molecular weight excluding hydrogens is 370 g/mol. The van der Waals surface area contributed by atoms with Gasteiger partial charge in [0.1, 0.15) is 12.3 Å². The van der Waals surface area contributed by atoms with E-state index in [0.717, 1.165) is 5.56 Å². The number of benzene rings is 2. The summed E-state index contributed by atoms with van der Waals surface area (Å²) < 4.78 is 42.4. The summed E-state index contributed by atoms with van der Waals surface area (Å²) in [4.78, 5) is 12.0. The summed E-state index contributed by atoms with van der Waals surface area (Å²) in [5, 5.41) is 0. The summed E-state index contributed by atoms with van der Waals surface area (Å²) in [6, 6.07) is 11.3. The third-order valence-electron chi connectivity index (χ3n) is 3.83. The second-order valence-electron chi connectivity index (χ2n) is 6.04. The molecule has 0 aliphatic heterocycles. The predicted molar refractivity (Wildman–Crippen MR) is 101 cm³/mol. The third kappa shape index (κ3) is 5.45. The first-order valence-electron chi connectivity index (χ1n) is 8.29. The van der Waals surface area contributed by atoms with Gasteiger partial charge in [0, 0.05) is 6.07 Å². The zero-order chi connectivity index (χ0) is 20.0. The highest BCUT2D eigenvalue weighted by Gasteiger charge is 2.19. The van der Waals surface area contributed by atoms with E-state index in [2.05, 4.69) is 4.72 Å². The molecule has 0 aromatic heterocycles. The molecule has 0 unspecified atom stereocenters. The van der Waals surface area contributed by atoms with Gasteiger partial charge < -0.3 is 14.2 Å². The van der Waals surface area contributed by atoms with Crippen LogP contribution >= 0.6 is 0 Å². The van der Waals surface area contributed by atoms with Crippen molar-refractivity contribution in [3.8, 4) is 17.2 Å². The minimum absolute atomic E-state index is 0.0465. The molecule has 2 aromatic carbocycles. The number of hydrogen-bond acceptors (Lipinski definition) is 6. The minimum Gasteiger partial charge on any atom is -0.493 e. The molecule has 0 heterocycles. The zero-order valence-electron chi connectivity index (χ0n) is 15.7. The van der Waals surface area contributed by atoms with E-state index in [1.807, 2.05) is 19.9 Å². The van der Waals surface area contributed by atoms with Crippen molar-refractivity contribution in [2.24, 2.45) is 0 Å². The molecule has 0 radical (unpaired) electrons. The summed E-state index contributed by atoms with van der Waals surface area (Å²) >= 11 is 0. The third-order valence-corrected chi connectivity index (χ3v) is 5.23. The second-order valence-corrected chi connectivity index (χ2v) is 7.81. The lowest BCUT2D eigenvalue weighted by Gasteiger charge is -2.11. The highest BCUT2D eigenvalue weighted by Crippen LogP contribution is 2.29. The maximum atomic E-state index is 12.4. The van der Waals surface area contributed by atoms with Crippen LogP contribution in [0.25, 0.3) is 0 Å². The number of rotatable bonds is 8. The van der Waals surface area contributed by atoms with Crippen molar-refractivity contribution in [2.75, 3.05) is 20.8 Å². The normalized spacial score (nSPS) is 11.3. The van der Waals surface area contributed by atoms with E-state index in [-0.39, 0.29) is 16.6 Å². The van der Waals surface area contributed by atoms with Gasteiger partial charge in [-0.05, 0) is 35.7 Å². The number of ether oxygens (including phenoxy) is 3. The number of nitrogens with one attached hydrogen (secondary N) is 1. The lowest BCUT2D eigenvalue weighted by molar-refractivity contribution is -0.133. The Balaban J connectivity index is 2.04. The molecule has 0 atom stereocenters. The molecule has 0 bridgehead atoms. The molecule has 0 aliphatic carbocycles. The van der Waals surface area contributed by atoms with Crippen LogP contribution in [-0.4, -0.2) is 35.2 Å². The van der Waals surface area contributed by atoms with Crippen molar-refractivity contribution in [1.29, 1.82) is 0 Å². The van der Waals surface area contributed by atoms with Crippen LogP contribution in [0.15, 0.2) is 47.4 Å². The topological polar surface area (TPSA) is 90.9 Å². The molecular formula is C19H23NO6S. The van der Waals surface area contributed by atoms with Crippen LogP contribution in [0.5, 0.6) is 17.2 Å². The highest BCUT2D eigenvalue weighted by molar-refractivity contribution is 7.89. The van der Waals surface area contributed by atoms with Gasteiger partial charge in [-0.3, -0.25) is 4.79 Å². The Morgan fingerprint density at radius 3 is 2.37 bits per heavy atom. The first-order valence-corrected chi connectivity index (χ1v) is 9.77. The number of carbonyl (C=O) groups is 1. The van der Waals surface area contributed by atoms with E-state index in [4.69, 9.17) is 14.2 Å². The highest BCUT2D eigenvalue weighted by atomic mass is 32.2. The van der Waals surface area contributed by atoms with Crippen LogP contribution in [0.1, 0.15) is 25.3 Å². The van der Waals surface area contributed by atoms with E-state index in [0.29, 0.717) is 11.5 Å². The number of carbonyl (C=O) groups excluding carboxylic acids is 1. The van der Waals surface area contributed by atoms with Gasteiger partial charge >= 0.3 is 5.97 Å². The van der Waals surface area contributed by atoms with Gasteiger partial charge in [0.2, 0.25) is 10.0 Å². The molecule has 146 valence electrons.